The van der Waals surface area contributed by atoms with E-state index in [0.29, 0.717) is 6.61 Å². The lowest BCUT2D eigenvalue weighted by Crippen LogP contribution is -2.48. The number of piperidine rings is 1. The van der Waals surface area contributed by atoms with Gasteiger partial charge in [0.25, 0.3) is 0 Å². The van der Waals surface area contributed by atoms with Gasteiger partial charge >= 0.3 is 0 Å². The Hall–Kier alpha value is -1.20. The van der Waals surface area contributed by atoms with E-state index in [1.807, 2.05) is 12.1 Å². The summed E-state index contributed by atoms with van der Waals surface area (Å²) >= 11 is 1.73. The third kappa shape index (κ3) is 5.59. The van der Waals surface area contributed by atoms with Gasteiger partial charge in [-0.15, -0.1) is 11.8 Å². The highest BCUT2D eigenvalue weighted by molar-refractivity contribution is 7.98. The minimum Gasteiger partial charge on any atom is -0.492 e. The standard InChI is InChI=1S/C16H24N2O2S/c1-13(19)17-14-4-3-9-18(12-14)10-11-20-15-5-7-16(21-2)8-6-15/h5-8,14H,3-4,9-12H2,1-2H3,(H,17,19)/t14-/m1/s1. The summed E-state index contributed by atoms with van der Waals surface area (Å²) in [5, 5.41) is 3.01. The van der Waals surface area contributed by atoms with Crippen molar-refractivity contribution in [2.75, 3.05) is 32.5 Å². The first-order chi connectivity index (χ1) is 10.2. The first kappa shape index (κ1) is 16.2. The molecule has 0 spiro atoms. The number of carbonyl (C=O) groups excluding carboxylic acids is 1. The van der Waals surface area contributed by atoms with Crippen LogP contribution < -0.4 is 10.1 Å². The fraction of sp³-hybridized carbons (Fsp3) is 0.562. The van der Waals surface area contributed by atoms with E-state index >= 15 is 0 Å². The number of rotatable bonds is 6. The van der Waals surface area contributed by atoms with Crippen LogP contribution in [-0.4, -0.2) is 49.3 Å². The molecule has 1 fully saturated rings. The van der Waals surface area contributed by atoms with Crippen molar-refractivity contribution < 1.29 is 9.53 Å². The summed E-state index contributed by atoms with van der Waals surface area (Å²) in [7, 11) is 0. The maximum atomic E-state index is 11.1. The summed E-state index contributed by atoms with van der Waals surface area (Å²) < 4.78 is 5.79. The van der Waals surface area contributed by atoms with Crippen molar-refractivity contribution in [3.05, 3.63) is 24.3 Å². The summed E-state index contributed by atoms with van der Waals surface area (Å²) in [5.74, 6) is 0.982. The highest BCUT2D eigenvalue weighted by Crippen LogP contribution is 2.19. The van der Waals surface area contributed by atoms with Crippen LogP contribution in [0.4, 0.5) is 0 Å². The number of benzene rings is 1. The van der Waals surface area contributed by atoms with Crippen LogP contribution in [0.2, 0.25) is 0 Å². The van der Waals surface area contributed by atoms with E-state index in [1.165, 1.54) is 4.90 Å². The molecule has 0 aromatic heterocycles. The average molecular weight is 308 g/mol. The second kappa shape index (κ2) is 8.29. The van der Waals surface area contributed by atoms with Crippen LogP contribution in [0.25, 0.3) is 0 Å². The molecule has 0 bridgehead atoms. The summed E-state index contributed by atoms with van der Waals surface area (Å²) in [6.07, 6.45) is 4.28. The Labute approximate surface area is 131 Å². The maximum Gasteiger partial charge on any atom is 0.217 e. The van der Waals surface area contributed by atoms with E-state index in [2.05, 4.69) is 28.6 Å². The molecule has 1 atom stereocenters. The van der Waals surface area contributed by atoms with E-state index in [-0.39, 0.29) is 11.9 Å². The molecule has 0 saturated carbocycles. The quantitative estimate of drug-likeness (QED) is 0.819. The van der Waals surface area contributed by atoms with Crippen LogP contribution >= 0.6 is 11.8 Å². The molecule has 0 unspecified atom stereocenters. The lowest BCUT2D eigenvalue weighted by atomic mass is 10.1. The molecule has 116 valence electrons. The van der Waals surface area contributed by atoms with Gasteiger partial charge in [0, 0.05) is 31.0 Å². The van der Waals surface area contributed by atoms with Crippen LogP contribution in [0.15, 0.2) is 29.2 Å². The second-order valence-electron chi connectivity index (χ2n) is 5.36. The Morgan fingerprint density at radius 1 is 1.43 bits per heavy atom. The number of nitrogens with zero attached hydrogens (tertiary/aromatic N) is 1. The number of nitrogens with one attached hydrogen (secondary N) is 1. The predicted octanol–water partition coefficient (Wildman–Crippen LogP) is 2.39. The molecule has 1 aliphatic rings. The normalized spacial score (nSPS) is 19.2. The fourth-order valence-corrected chi connectivity index (χ4v) is 3.04. The molecule has 0 aliphatic carbocycles. The van der Waals surface area contributed by atoms with E-state index in [9.17, 15) is 4.79 Å². The summed E-state index contributed by atoms with van der Waals surface area (Å²) in [6, 6.07) is 8.48. The second-order valence-corrected chi connectivity index (χ2v) is 6.24. The summed E-state index contributed by atoms with van der Waals surface area (Å²) in [6.45, 7) is 5.19. The first-order valence-electron chi connectivity index (χ1n) is 7.43. The highest BCUT2D eigenvalue weighted by atomic mass is 32.2. The molecule has 1 amide bonds. The molecule has 1 heterocycles. The number of likely N-dealkylation sites (tertiary alicyclic amines) is 1. The summed E-state index contributed by atoms with van der Waals surface area (Å²) in [5.41, 5.74) is 0. The predicted molar refractivity (Wildman–Crippen MR) is 87.0 cm³/mol. The molecule has 0 radical (unpaired) electrons. The Balaban J connectivity index is 1.71. The largest absolute Gasteiger partial charge is 0.492 e. The number of ether oxygens (including phenoxy) is 1. The Kier molecular flexibility index (Phi) is 6.39. The molecule has 1 saturated heterocycles. The summed E-state index contributed by atoms with van der Waals surface area (Å²) in [4.78, 5) is 14.7. The molecule has 2 rings (SSSR count). The lowest BCUT2D eigenvalue weighted by Gasteiger charge is -2.32. The third-order valence-corrected chi connectivity index (χ3v) is 4.39. The SMILES string of the molecule is CSc1ccc(OCCN2CCC[C@@H](NC(C)=O)C2)cc1. The van der Waals surface area contributed by atoms with Crippen LogP contribution in [0.5, 0.6) is 5.75 Å². The molecule has 4 nitrogen and oxygen atoms in total. The molecule has 1 aromatic rings. The zero-order valence-electron chi connectivity index (χ0n) is 12.8. The van der Waals surface area contributed by atoms with Crippen LogP contribution in [0.1, 0.15) is 19.8 Å². The van der Waals surface area contributed by atoms with Crippen molar-refractivity contribution in [2.24, 2.45) is 0 Å². The van der Waals surface area contributed by atoms with Gasteiger partial charge < -0.3 is 10.1 Å². The molecule has 21 heavy (non-hydrogen) atoms. The zero-order chi connectivity index (χ0) is 15.1. The van der Waals surface area contributed by atoms with E-state index in [0.717, 1.165) is 38.2 Å². The van der Waals surface area contributed by atoms with Gasteiger partial charge in [-0.05, 0) is 49.9 Å². The Morgan fingerprint density at radius 2 is 2.19 bits per heavy atom. The van der Waals surface area contributed by atoms with Crippen molar-refractivity contribution in [2.45, 2.75) is 30.7 Å². The van der Waals surface area contributed by atoms with Gasteiger partial charge in [-0.1, -0.05) is 0 Å². The minimum absolute atomic E-state index is 0.0620. The minimum atomic E-state index is 0.0620. The molecule has 1 aromatic carbocycles. The molecular formula is C16H24N2O2S. The highest BCUT2D eigenvalue weighted by Gasteiger charge is 2.19. The van der Waals surface area contributed by atoms with Crippen molar-refractivity contribution in [1.29, 1.82) is 0 Å². The lowest BCUT2D eigenvalue weighted by molar-refractivity contribution is -0.120. The van der Waals surface area contributed by atoms with Crippen LogP contribution in [0.3, 0.4) is 0 Å². The van der Waals surface area contributed by atoms with Gasteiger partial charge in [-0.3, -0.25) is 9.69 Å². The fourth-order valence-electron chi connectivity index (χ4n) is 2.63. The van der Waals surface area contributed by atoms with E-state index in [1.54, 1.807) is 18.7 Å². The van der Waals surface area contributed by atoms with Crippen LogP contribution in [-0.2, 0) is 4.79 Å². The van der Waals surface area contributed by atoms with E-state index < -0.39 is 0 Å². The van der Waals surface area contributed by atoms with E-state index in [4.69, 9.17) is 4.74 Å². The first-order valence-corrected chi connectivity index (χ1v) is 8.66. The molecular weight excluding hydrogens is 284 g/mol. The van der Waals surface area contributed by atoms with Gasteiger partial charge in [-0.2, -0.15) is 0 Å². The smallest absolute Gasteiger partial charge is 0.217 e. The van der Waals surface area contributed by atoms with Crippen LogP contribution in [0, 0.1) is 0 Å². The van der Waals surface area contributed by atoms with Gasteiger partial charge in [0.1, 0.15) is 12.4 Å². The molecule has 5 heteroatoms. The third-order valence-electron chi connectivity index (χ3n) is 3.65. The Morgan fingerprint density at radius 3 is 2.86 bits per heavy atom. The van der Waals surface area contributed by atoms with Crippen molar-refractivity contribution in [1.82, 2.24) is 10.2 Å². The van der Waals surface area contributed by atoms with Crippen molar-refractivity contribution >= 4 is 17.7 Å². The van der Waals surface area contributed by atoms with Gasteiger partial charge in [-0.25, -0.2) is 0 Å². The average Bonchev–Trinajstić information content (AvgIpc) is 2.48. The van der Waals surface area contributed by atoms with Gasteiger partial charge in [0.2, 0.25) is 5.91 Å². The number of carbonyl (C=O) groups is 1. The number of amides is 1. The topological polar surface area (TPSA) is 41.6 Å². The number of thioether (sulfide) groups is 1. The number of hydrogen-bond acceptors (Lipinski definition) is 4. The maximum absolute atomic E-state index is 11.1. The van der Waals surface area contributed by atoms with Gasteiger partial charge in [0.15, 0.2) is 0 Å². The monoisotopic (exact) mass is 308 g/mol. The number of hydrogen-bond donors (Lipinski definition) is 1. The molecule has 1 aliphatic heterocycles. The van der Waals surface area contributed by atoms with Crippen molar-refractivity contribution in [3.8, 4) is 5.75 Å². The Bertz CT molecular complexity index is 450. The van der Waals surface area contributed by atoms with Gasteiger partial charge in [0.05, 0.1) is 0 Å². The zero-order valence-corrected chi connectivity index (χ0v) is 13.6. The molecule has 1 N–H and O–H groups in total. The van der Waals surface area contributed by atoms with Crippen molar-refractivity contribution in [3.63, 3.8) is 0 Å².